The number of nitrogens with one attached hydrogen (secondary N) is 2. The Morgan fingerprint density at radius 2 is 1.82 bits per heavy atom. The van der Waals surface area contributed by atoms with Crippen LogP contribution in [0.4, 0.5) is 5.69 Å². The molecule has 0 aliphatic rings. The molecule has 7 heteroatoms. The van der Waals surface area contributed by atoms with Gasteiger partial charge in [0.25, 0.3) is 0 Å². The first-order valence-electron chi connectivity index (χ1n) is 9.00. The number of benzene rings is 2. The SMILES string of the molecule is CCCC(NC(=O)Cc1ccccc1)C(=O)Nc1ccc(C(=O)O)c(OC)c1. The third-order valence-electron chi connectivity index (χ3n) is 4.14. The average Bonchev–Trinajstić information content (AvgIpc) is 2.68. The maximum Gasteiger partial charge on any atom is 0.339 e. The van der Waals surface area contributed by atoms with Gasteiger partial charge in [-0.15, -0.1) is 0 Å². The highest BCUT2D eigenvalue weighted by Gasteiger charge is 2.21. The van der Waals surface area contributed by atoms with Gasteiger partial charge in [0.2, 0.25) is 11.8 Å². The summed E-state index contributed by atoms with van der Waals surface area (Å²) in [6, 6.07) is 12.9. The topological polar surface area (TPSA) is 105 Å². The van der Waals surface area contributed by atoms with Gasteiger partial charge < -0.3 is 20.5 Å². The minimum Gasteiger partial charge on any atom is -0.496 e. The second kappa shape index (κ2) is 10.1. The molecule has 0 aromatic heterocycles. The lowest BCUT2D eigenvalue weighted by atomic mass is 10.1. The molecule has 2 rings (SSSR count). The van der Waals surface area contributed by atoms with E-state index in [1.807, 2.05) is 37.3 Å². The normalized spacial score (nSPS) is 11.4. The summed E-state index contributed by atoms with van der Waals surface area (Å²) in [7, 11) is 1.36. The fourth-order valence-electron chi connectivity index (χ4n) is 2.76. The highest BCUT2D eigenvalue weighted by atomic mass is 16.5. The third kappa shape index (κ3) is 5.84. The predicted molar refractivity (Wildman–Crippen MR) is 106 cm³/mol. The van der Waals surface area contributed by atoms with Crippen LogP contribution in [0.1, 0.15) is 35.7 Å². The van der Waals surface area contributed by atoms with Crippen molar-refractivity contribution in [2.75, 3.05) is 12.4 Å². The molecule has 28 heavy (non-hydrogen) atoms. The minimum absolute atomic E-state index is 0.00164. The Labute approximate surface area is 163 Å². The van der Waals surface area contributed by atoms with Crippen LogP contribution in [-0.4, -0.2) is 36.0 Å². The van der Waals surface area contributed by atoms with Crippen LogP contribution in [0.2, 0.25) is 0 Å². The zero-order valence-electron chi connectivity index (χ0n) is 15.9. The molecule has 0 bridgehead atoms. The fourth-order valence-corrected chi connectivity index (χ4v) is 2.76. The van der Waals surface area contributed by atoms with E-state index in [-0.39, 0.29) is 29.5 Å². The van der Waals surface area contributed by atoms with Crippen molar-refractivity contribution in [3.05, 3.63) is 59.7 Å². The summed E-state index contributed by atoms with van der Waals surface area (Å²) in [6.07, 6.45) is 1.39. The monoisotopic (exact) mass is 384 g/mol. The van der Waals surface area contributed by atoms with Crippen LogP contribution in [0.5, 0.6) is 5.75 Å². The number of carbonyl (C=O) groups excluding carboxylic acids is 2. The summed E-state index contributed by atoms with van der Waals surface area (Å²) in [5, 5.41) is 14.6. The summed E-state index contributed by atoms with van der Waals surface area (Å²) in [4.78, 5) is 36.1. The molecule has 148 valence electrons. The van der Waals surface area contributed by atoms with Gasteiger partial charge in [-0.2, -0.15) is 0 Å². The zero-order chi connectivity index (χ0) is 20.5. The largest absolute Gasteiger partial charge is 0.496 e. The summed E-state index contributed by atoms with van der Waals surface area (Å²) in [5.41, 5.74) is 1.26. The standard InChI is InChI=1S/C21H24N2O5/c1-3-7-17(23-19(24)12-14-8-5-4-6-9-14)20(25)22-15-10-11-16(21(26)27)18(13-15)28-2/h4-6,8-11,13,17H,3,7,12H2,1-2H3,(H,22,25)(H,23,24)(H,26,27). The lowest BCUT2D eigenvalue weighted by Gasteiger charge is -2.18. The second-order valence-electron chi connectivity index (χ2n) is 6.28. The van der Waals surface area contributed by atoms with E-state index in [4.69, 9.17) is 9.84 Å². The number of hydrogen-bond donors (Lipinski definition) is 3. The van der Waals surface area contributed by atoms with E-state index in [2.05, 4.69) is 10.6 Å². The number of ether oxygens (including phenoxy) is 1. The molecule has 3 N–H and O–H groups in total. The Hall–Kier alpha value is -3.35. The third-order valence-corrected chi connectivity index (χ3v) is 4.14. The molecule has 2 amide bonds. The molecule has 2 aromatic carbocycles. The minimum atomic E-state index is -1.12. The van der Waals surface area contributed by atoms with Gasteiger partial charge in [-0.05, 0) is 24.1 Å². The molecular weight excluding hydrogens is 360 g/mol. The number of methoxy groups -OCH3 is 1. The van der Waals surface area contributed by atoms with Crippen LogP contribution < -0.4 is 15.4 Å². The van der Waals surface area contributed by atoms with Gasteiger partial charge in [0.1, 0.15) is 17.4 Å². The fraction of sp³-hybridized carbons (Fsp3) is 0.286. The van der Waals surface area contributed by atoms with Gasteiger partial charge >= 0.3 is 5.97 Å². The van der Waals surface area contributed by atoms with Crippen molar-refractivity contribution in [1.82, 2.24) is 5.32 Å². The van der Waals surface area contributed by atoms with E-state index in [0.29, 0.717) is 18.5 Å². The van der Waals surface area contributed by atoms with Gasteiger partial charge in [-0.3, -0.25) is 9.59 Å². The highest BCUT2D eigenvalue weighted by molar-refractivity contribution is 5.98. The lowest BCUT2D eigenvalue weighted by molar-refractivity contribution is -0.126. The number of carboxylic acid groups (broad SMARTS) is 1. The maximum absolute atomic E-state index is 12.6. The van der Waals surface area contributed by atoms with Crippen molar-refractivity contribution in [2.45, 2.75) is 32.2 Å². The number of hydrogen-bond acceptors (Lipinski definition) is 4. The molecule has 2 aromatic rings. The molecule has 1 unspecified atom stereocenters. The van der Waals surface area contributed by atoms with Crippen molar-refractivity contribution in [3.63, 3.8) is 0 Å². The molecule has 0 aliphatic carbocycles. The molecule has 0 saturated carbocycles. The molecular formula is C21H24N2O5. The lowest BCUT2D eigenvalue weighted by Crippen LogP contribution is -2.44. The first-order chi connectivity index (χ1) is 13.4. The van der Waals surface area contributed by atoms with Crippen molar-refractivity contribution < 1.29 is 24.2 Å². The number of amides is 2. The van der Waals surface area contributed by atoms with Crippen LogP contribution in [0, 0.1) is 0 Å². The summed E-state index contributed by atoms with van der Waals surface area (Å²) in [5.74, 6) is -1.58. The van der Waals surface area contributed by atoms with Gasteiger partial charge in [-0.25, -0.2) is 4.79 Å². The molecule has 0 heterocycles. The smallest absolute Gasteiger partial charge is 0.339 e. The van der Waals surface area contributed by atoms with E-state index in [1.165, 1.54) is 25.3 Å². The summed E-state index contributed by atoms with van der Waals surface area (Å²) >= 11 is 0. The number of carboxylic acids is 1. The summed E-state index contributed by atoms with van der Waals surface area (Å²) in [6.45, 7) is 1.92. The van der Waals surface area contributed by atoms with E-state index in [0.717, 1.165) is 5.56 Å². The quantitative estimate of drug-likeness (QED) is 0.617. The van der Waals surface area contributed by atoms with Gasteiger partial charge in [0, 0.05) is 11.8 Å². The molecule has 0 radical (unpaired) electrons. The molecule has 7 nitrogen and oxygen atoms in total. The van der Waals surface area contributed by atoms with Crippen LogP contribution >= 0.6 is 0 Å². The summed E-state index contributed by atoms with van der Waals surface area (Å²) < 4.78 is 5.07. The van der Waals surface area contributed by atoms with Crippen molar-refractivity contribution in [2.24, 2.45) is 0 Å². The Bertz CT molecular complexity index is 836. The van der Waals surface area contributed by atoms with Crippen LogP contribution in [0.25, 0.3) is 0 Å². The van der Waals surface area contributed by atoms with E-state index in [1.54, 1.807) is 0 Å². The van der Waals surface area contributed by atoms with E-state index >= 15 is 0 Å². The average molecular weight is 384 g/mol. The van der Waals surface area contributed by atoms with Gasteiger partial charge in [0.15, 0.2) is 0 Å². The number of anilines is 1. The van der Waals surface area contributed by atoms with Crippen molar-refractivity contribution in [3.8, 4) is 5.75 Å². The molecule has 0 fully saturated rings. The predicted octanol–water partition coefficient (Wildman–Crippen LogP) is 2.86. The van der Waals surface area contributed by atoms with Crippen molar-refractivity contribution in [1.29, 1.82) is 0 Å². The first-order valence-corrected chi connectivity index (χ1v) is 9.00. The van der Waals surface area contributed by atoms with Crippen molar-refractivity contribution >= 4 is 23.5 Å². The number of carbonyl (C=O) groups is 3. The highest BCUT2D eigenvalue weighted by Crippen LogP contribution is 2.23. The molecule has 0 spiro atoms. The van der Waals surface area contributed by atoms with E-state index < -0.39 is 12.0 Å². The molecule has 0 saturated heterocycles. The van der Waals surface area contributed by atoms with Crippen LogP contribution in [0.15, 0.2) is 48.5 Å². The van der Waals surface area contributed by atoms with Crippen LogP contribution in [0.3, 0.4) is 0 Å². The number of aromatic carboxylic acids is 1. The Morgan fingerprint density at radius 3 is 2.43 bits per heavy atom. The van der Waals surface area contributed by atoms with Gasteiger partial charge in [0.05, 0.1) is 13.5 Å². The Morgan fingerprint density at radius 1 is 1.11 bits per heavy atom. The zero-order valence-corrected chi connectivity index (χ0v) is 15.9. The number of rotatable bonds is 9. The van der Waals surface area contributed by atoms with E-state index in [9.17, 15) is 14.4 Å². The second-order valence-corrected chi connectivity index (χ2v) is 6.28. The Balaban J connectivity index is 2.06. The van der Waals surface area contributed by atoms with Crippen LogP contribution in [-0.2, 0) is 16.0 Å². The molecule has 1 atom stereocenters. The maximum atomic E-state index is 12.6. The first kappa shape index (κ1) is 21.0. The molecule has 0 aliphatic heterocycles. The van der Waals surface area contributed by atoms with Gasteiger partial charge in [-0.1, -0.05) is 43.7 Å². The Kier molecular flexibility index (Phi) is 7.56.